The molecule has 0 unspecified atom stereocenters. The number of aromatic amines is 1. The minimum Gasteiger partial charge on any atom is -0.358 e. The summed E-state index contributed by atoms with van der Waals surface area (Å²) < 4.78 is 1.78. The lowest BCUT2D eigenvalue weighted by atomic mass is 9.87. The van der Waals surface area contributed by atoms with Crippen molar-refractivity contribution in [3.63, 3.8) is 0 Å². The molecule has 0 bridgehead atoms. The van der Waals surface area contributed by atoms with Crippen LogP contribution < -0.4 is 10.6 Å². The smallest absolute Gasteiger partial charge is 0.225 e. The van der Waals surface area contributed by atoms with Crippen LogP contribution in [0.3, 0.4) is 0 Å². The molecule has 1 aliphatic rings. The Balaban J connectivity index is 1.26. The van der Waals surface area contributed by atoms with Crippen LogP contribution in [-0.4, -0.2) is 68.0 Å². The molecule has 1 atom stereocenters. The van der Waals surface area contributed by atoms with Crippen LogP contribution >= 0.6 is 0 Å². The third kappa shape index (κ3) is 4.63. The molecule has 0 aliphatic carbocycles. The first-order valence-corrected chi connectivity index (χ1v) is 11.9. The van der Waals surface area contributed by atoms with Crippen molar-refractivity contribution >= 4 is 18.1 Å². The second-order valence-electron chi connectivity index (χ2n) is 9.10. The number of aromatic nitrogens is 5. The van der Waals surface area contributed by atoms with E-state index < -0.39 is 5.54 Å². The molecular formula is C26H30N10. The molecule has 184 valence electrons. The van der Waals surface area contributed by atoms with Gasteiger partial charge < -0.3 is 20.5 Å². The highest BCUT2D eigenvalue weighted by atomic mass is 15.3. The highest BCUT2D eigenvalue weighted by Crippen LogP contribution is 2.26. The maximum atomic E-state index is 7.58. The first-order chi connectivity index (χ1) is 17.5. The number of H-pyrrole nitrogens is 1. The van der Waals surface area contributed by atoms with Gasteiger partial charge in [-0.05, 0) is 18.6 Å². The number of nitrogens with two attached hydrogens (primary N) is 1. The number of aryl methyl sites for hydroxylation is 1. The van der Waals surface area contributed by atoms with E-state index in [0.29, 0.717) is 5.95 Å². The summed E-state index contributed by atoms with van der Waals surface area (Å²) in [5.74, 6) is 1.43. The Morgan fingerprint density at radius 2 is 1.78 bits per heavy atom. The zero-order chi connectivity index (χ0) is 25.1. The molecule has 0 spiro atoms. The molecule has 0 radical (unpaired) electrons. The molecule has 0 amide bonds. The SMILES string of the molecule is Cn1cc(-c2c[nH]c(C(=NC=N)N3CCN(c4ncc([C@](C)(N)c5ccccc5)cn4)CC3)c2)cn1. The number of aliphatic imine (C=N–C) groups is 1. The number of anilines is 1. The molecular weight excluding hydrogens is 452 g/mol. The quantitative estimate of drug-likeness (QED) is 0.286. The maximum Gasteiger partial charge on any atom is 0.225 e. The van der Waals surface area contributed by atoms with E-state index in [-0.39, 0.29) is 0 Å². The van der Waals surface area contributed by atoms with Gasteiger partial charge in [-0.1, -0.05) is 30.3 Å². The zero-order valence-electron chi connectivity index (χ0n) is 20.5. The summed E-state index contributed by atoms with van der Waals surface area (Å²) in [4.78, 5) is 21.3. The summed E-state index contributed by atoms with van der Waals surface area (Å²) in [5, 5.41) is 11.8. The number of benzene rings is 1. The van der Waals surface area contributed by atoms with Gasteiger partial charge in [0.05, 0.1) is 17.4 Å². The summed E-state index contributed by atoms with van der Waals surface area (Å²) in [7, 11) is 1.90. The Kier molecular flexibility index (Phi) is 6.34. The number of hydrogen-bond donors (Lipinski definition) is 3. The monoisotopic (exact) mass is 482 g/mol. The molecule has 1 fully saturated rings. The molecule has 3 aromatic heterocycles. The summed E-state index contributed by atoms with van der Waals surface area (Å²) in [5.41, 5.74) is 10.8. The van der Waals surface area contributed by atoms with Gasteiger partial charge in [0.2, 0.25) is 5.95 Å². The fraction of sp³-hybridized carbons (Fsp3) is 0.269. The van der Waals surface area contributed by atoms with Crippen molar-refractivity contribution in [3.8, 4) is 11.1 Å². The summed E-state index contributed by atoms with van der Waals surface area (Å²) >= 11 is 0. The number of nitrogens with zero attached hydrogens (tertiary/aromatic N) is 7. The molecule has 1 aromatic carbocycles. The van der Waals surface area contributed by atoms with Crippen LogP contribution in [0.2, 0.25) is 0 Å². The predicted octanol–water partition coefficient (Wildman–Crippen LogP) is 2.60. The lowest BCUT2D eigenvalue weighted by Crippen LogP contribution is -2.49. The van der Waals surface area contributed by atoms with E-state index in [1.807, 2.05) is 81.4 Å². The first kappa shape index (κ1) is 23.4. The van der Waals surface area contributed by atoms with E-state index in [0.717, 1.165) is 66.3 Å². The van der Waals surface area contributed by atoms with Gasteiger partial charge in [0.25, 0.3) is 0 Å². The van der Waals surface area contributed by atoms with Gasteiger partial charge >= 0.3 is 0 Å². The molecule has 5 rings (SSSR count). The van der Waals surface area contributed by atoms with Gasteiger partial charge in [-0.15, -0.1) is 0 Å². The predicted molar refractivity (Wildman–Crippen MR) is 141 cm³/mol. The normalized spacial score (nSPS) is 16.1. The summed E-state index contributed by atoms with van der Waals surface area (Å²) in [6, 6.07) is 12.0. The van der Waals surface area contributed by atoms with Gasteiger partial charge in [0.1, 0.15) is 6.34 Å². The van der Waals surface area contributed by atoms with Crippen molar-refractivity contribution in [3.05, 3.63) is 84.2 Å². The van der Waals surface area contributed by atoms with Crippen LogP contribution in [0.1, 0.15) is 23.7 Å². The average Bonchev–Trinajstić information content (AvgIpc) is 3.57. The molecule has 4 aromatic rings. The van der Waals surface area contributed by atoms with E-state index in [1.54, 1.807) is 4.68 Å². The number of rotatable bonds is 6. The van der Waals surface area contributed by atoms with Crippen LogP contribution in [0.25, 0.3) is 11.1 Å². The van der Waals surface area contributed by atoms with Crippen molar-refractivity contribution in [1.82, 2.24) is 29.6 Å². The number of nitrogens with one attached hydrogen (secondary N) is 2. The molecule has 1 aliphatic heterocycles. The van der Waals surface area contributed by atoms with Crippen LogP contribution in [0.15, 0.2) is 72.4 Å². The van der Waals surface area contributed by atoms with Gasteiger partial charge in [-0.3, -0.25) is 10.1 Å². The minimum atomic E-state index is -0.665. The number of amidine groups is 1. The summed E-state index contributed by atoms with van der Waals surface area (Å²) in [6.07, 6.45) is 10.5. The van der Waals surface area contributed by atoms with Crippen molar-refractivity contribution in [2.75, 3.05) is 31.1 Å². The second kappa shape index (κ2) is 9.74. The molecule has 10 nitrogen and oxygen atoms in total. The fourth-order valence-corrected chi connectivity index (χ4v) is 4.47. The van der Waals surface area contributed by atoms with E-state index in [4.69, 9.17) is 11.1 Å². The van der Waals surface area contributed by atoms with Crippen molar-refractivity contribution in [2.24, 2.45) is 17.8 Å². The molecule has 4 heterocycles. The van der Waals surface area contributed by atoms with Gasteiger partial charge in [0, 0.05) is 74.7 Å². The van der Waals surface area contributed by atoms with Crippen molar-refractivity contribution < 1.29 is 0 Å². The van der Waals surface area contributed by atoms with Crippen LogP contribution in [0.5, 0.6) is 0 Å². The van der Waals surface area contributed by atoms with E-state index in [1.165, 1.54) is 0 Å². The topological polar surface area (TPSA) is 128 Å². The number of hydrogen-bond acceptors (Lipinski definition) is 6. The largest absolute Gasteiger partial charge is 0.358 e. The third-order valence-electron chi connectivity index (χ3n) is 6.62. The number of piperazine rings is 1. The Morgan fingerprint density at radius 1 is 1.06 bits per heavy atom. The highest BCUT2D eigenvalue weighted by molar-refractivity contribution is 6.01. The van der Waals surface area contributed by atoms with Gasteiger partial charge in [0.15, 0.2) is 5.84 Å². The Hall–Kier alpha value is -4.31. The first-order valence-electron chi connectivity index (χ1n) is 11.9. The maximum absolute atomic E-state index is 7.58. The molecule has 10 heteroatoms. The fourth-order valence-electron chi connectivity index (χ4n) is 4.47. The minimum absolute atomic E-state index is 0.665. The molecule has 1 saturated heterocycles. The standard InChI is InChI=1S/C26H30N10/c1-26(28,21-6-4-3-5-7-21)22-15-30-25(31-16-22)36-10-8-35(9-11-36)24(32-18-27)23-12-19(13-29-23)20-14-33-34(2)17-20/h3-7,12-18,27,29H,8-11,28H2,1-2H3/t26-/m1/s1. The summed E-state index contributed by atoms with van der Waals surface area (Å²) in [6.45, 7) is 4.93. The van der Waals surface area contributed by atoms with Crippen molar-refractivity contribution in [2.45, 2.75) is 12.5 Å². The highest BCUT2D eigenvalue weighted by Gasteiger charge is 2.26. The van der Waals surface area contributed by atoms with Crippen LogP contribution in [0.4, 0.5) is 5.95 Å². The Morgan fingerprint density at radius 3 is 2.42 bits per heavy atom. The van der Waals surface area contributed by atoms with Gasteiger partial charge in [-0.2, -0.15) is 5.10 Å². The Labute approximate surface area is 210 Å². The second-order valence-corrected chi connectivity index (χ2v) is 9.10. The lowest BCUT2D eigenvalue weighted by molar-refractivity contribution is 0.383. The third-order valence-corrected chi connectivity index (χ3v) is 6.62. The molecule has 36 heavy (non-hydrogen) atoms. The van der Waals surface area contributed by atoms with Crippen LogP contribution in [0, 0.1) is 5.41 Å². The molecule has 4 N–H and O–H groups in total. The average molecular weight is 483 g/mol. The van der Waals surface area contributed by atoms with E-state index in [9.17, 15) is 0 Å². The molecule has 0 saturated carbocycles. The van der Waals surface area contributed by atoms with Crippen molar-refractivity contribution in [1.29, 1.82) is 5.41 Å². The lowest BCUT2D eigenvalue weighted by Gasteiger charge is -2.36. The van der Waals surface area contributed by atoms with E-state index in [2.05, 4.69) is 34.8 Å². The van der Waals surface area contributed by atoms with Gasteiger partial charge in [-0.25, -0.2) is 15.0 Å². The van der Waals surface area contributed by atoms with E-state index >= 15 is 0 Å². The Bertz CT molecular complexity index is 1340. The van der Waals surface area contributed by atoms with Crippen LogP contribution in [-0.2, 0) is 12.6 Å². The zero-order valence-corrected chi connectivity index (χ0v) is 20.5.